The molecule has 0 saturated carbocycles. The first-order valence-corrected chi connectivity index (χ1v) is 23.9. The normalized spacial score (nSPS) is 17.1. The summed E-state index contributed by atoms with van der Waals surface area (Å²) in [5.41, 5.74) is 6.82. The van der Waals surface area contributed by atoms with Gasteiger partial charge in [0, 0.05) is 49.5 Å². The molecule has 5 aromatic carbocycles. The Morgan fingerprint density at radius 1 is 0.620 bits per heavy atom. The fourth-order valence-electron chi connectivity index (χ4n) is 9.05. The largest absolute Gasteiger partial charge is 0.493 e. The van der Waals surface area contributed by atoms with Gasteiger partial charge in [0.1, 0.15) is 35.4 Å². The van der Waals surface area contributed by atoms with Gasteiger partial charge in [0.05, 0.1) is 30.5 Å². The number of nitrogens with one attached hydrogen (secondary N) is 1. The molecule has 0 aliphatic carbocycles. The number of Topliss-reactive ketones (excluding diaryl/α,β-unsaturated/α-hetero) is 1. The molecule has 2 fully saturated rings. The number of hydrogen-bond donors (Lipinski definition) is 2. The van der Waals surface area contributed by atoms with Crippen LogP contribution < -0.4 is 14.8 Å². The number of rotatable bonds is 18. The molecular weight excluding hydrogens is 920 g/mol. The first-order chi connectivity index (χ1) is 34.1. The number of amides is 1. The minimum absolute atomic E-state index is 0. The molecule has 13 nitrogen and oxygen atoms in total. The van der Waals surface area contributed by atoms with Crippen LogP contribution in [-0.4, -0.2) is 77.2 Å². The number of carboxylic acid groups (broad SMARTS) is 1. The first-order valence-electron chi connectivity index (χ1n) is 23.9. The Balaban J connectivity index is 0.000000214. The van der Waals surface area contributed by atoms with Crippen molar-refractivity contribution in [2.45, 2.75) is 53.1 Å². The molecule has 370 valence electrons. The highest BCUT2D eigenvalue weighted by Crippen LogP contribution is 2.30. The standard InChI is InChI=1S/C32H32N2O6.C25H28N2O3.ClH/c1-22-29(33-30(40-22)25-10-6-3-7-11-25)16-17-38-27-14-12-23(13-15-27)18-26-19-34(20-28(26)31(35)36)32(37)39-21-24-8-4-2-5-9-24;1-17(28)23-16-26-15-21(23)14-19-8-10-22(11-9-19)29-13-12-24-18(2)30-25(27-24)20-6-4-3-5-7-20;/h2-15,26,28H,16-21H2,1H3,(H,35,36);3-11,21,23,26H,12-16H2,1-2H3;1H/t26-,28+;21-,23-;/m11./s1. The Morgan fingerprint density at radius 2 is 1.10 bits per heavy atom. The smallest absolute Gasteiger partial charge is 0.410 e. The van der Waals surface area contributed by atoms with Crippen LogP contribution in [0.2, 0.25) is 0 Å². The number of carbonyl (C=O) groups excluding carboxylic acids is 2. The van der Waals surface area contributed by atoms with Crippen molar-refractivity contribution < 1.29 is 42.5 Å². The van der Waals surface area contributed by atoms with Gasteiger partial charge in [-0.1, -0.05) is 91.0 Å². The summed E-state index contributed by atoms with van der Waals surface area (Å²) in [5.74, 6) is 3.47. The summed E-state index contributed by atoms with van der Waals surface area (Å²) in [5, 5.41) is 13.1. The van der Waals surface area contributed by atoms with E-state index in [1.54, 1.807) is 6.92 Å². The Bertz CT molecular complexity index is 2780. The predicted octanol–water partition coefficient (Wildman–Crippen LogP) is 10.4. The molecule has 9 rings (SSSR count). The van der Waals surface area contributed by atoms with Gasteiger partial charge in [-0.05, 0) is 117 Å². The highest BCUT2D eigenvalue weighted by Gasteiger charge is 2.40. The summed E-state index contributed by atoms with van der Waals surface area (Å²) in [6.45, 7) is 8.87. The van der Waals surface area contributed by atoms with E-state index in [2.05, 4.69) is 27.4 Å². The van der Waals surface area contributed by atoms with Crippen LogP contribution in [-0.2, 0) is 46.6 Å². The van der Waals surface area contributed by atoms with Crippen LogP contribution in [0.4, 0.5) is 4.79 Å². The Hall–Kier alpha value is -7.22. The lowest BCUT2D eigenvalue weighted by molar-refractivity contribution is -0.142. The predicted molar refractivity (Wildman–Crippen MR) is 273 cm³/mol. The molecule has 2 aromatic heterocycles. The molecule has 4 atom stereocenters. The van der Waals surface area contributed by atoms with E-state index in [4.69, 9.17) is 23.0 Å². The number of likely N-dealkylation sites (tertiary alicyclic amines) is 1. The zero-order chi connectivity index (χ0) is 48.8. The maximum atomic E-state index is 12.6. The number of aliphatic carboxylic acids is 1. The van der Waals surface area contributed by atoms with Crippen molar-refractivity contribution in [2.75, 3.05) is 39.4 Å². The number of halogens is 1. The summed E-state index contributed by atoms with van der Waals surface area (Å²) < 4.78 is 28.9. The van der Waals surface area contributed by atoms with Crippen LogP contribution in [0, 0.1) is 37.5 Å². The topological polar surface area (TPSA) is 166 Å². The van der Waals surface area contributed by atoms with Crippen LogP contribution in [0.5, 0.6) is 11.5 Å². The average Bonchev–Trinajstić information content (AvgIpc) is 4.20. The quantitative estimate of drug-likeness (QED) is 0.0837. The average molecular weight is 982 g/mol. The summed E-state index contributed by atoms with van der Waals surface area (Å²) in [4.78, 5) is 47.1. The number of oxazole rings is 2. The molecule has 14 heteroatoms. The van der Waals surface area contributed by atoms with Crippen LogP contribution in [0.15, 0.2) is 148 Å². The number of aryl methyl sites for hydroxylation is 2. The van der Waals surface area contributed by atoms with E-state index in [-0.39, 0.29) is 43.2 Å². The Labute approximate surface area is 421 Å². The second kappa shape index (κ2) is 25.1. The van der Waals surface area contributed by atoms with Crippen molar-refractivity contribution >= 4 is 30.3 Å². The molecule has 0 spiro atoms. The molecule has 2 aliphatic rings. The van der Waals surface area contributed by atoms with E-state index in [0.29, 0.717) is 56.7 Å². The SMILES string of the molecule is CC(=O)[C@H]1CNC[C@H]1Cc1ccc(OCCc2nc(-c3ccccc3)oc2C)cc1.Cc1oc(-c2ccccc2)nc1CCOc1ccc(C[C@@H]2CN(C(=O)OCc3ccccc3)C[C@@H]2C(=O)O)cc1.Cl. The Morgan fingerprint density at radius 3 is 1.58 bits per heavy atom. The third-order valence-corrected chi connectivity index (χ3v) is 13.0. The minimum atomic E-state index is -0.901. The van der Waals surface area contributed by atoms with Gasteiger partial charge in [-0.3, -0.25) is 9.59 Å². The first kappa shape index (κ1) is 51.6. The molecule has 1 amide bonds. The maximum absolute atomic E-state index is 12.6. The maximum Gasteiger partial charge on any atom is 0.410 e. The molecule has 71 heavy (non-hydrogen) atoms. The number of carbonyl (C=O) groups is 3. The number of hydrogen-bond acceptors (Lipinski definition) is 11. The molecule has 0 bridgehead atoms. The van der Waals surface area contributed by atoms with Crippen molar-refractivity contribution in [2.24, 2.45) is 23.7 Å². The van der Waals surface area contributed by atoms with Crippen LogP contribution in [0.25, 0.3) is 22.9 Å². The van der Waals surface area contributed by atoms with Gasteiger partial charge >= 0.3 is 12.1 Å². The number of benzene rings is 5. The van der Waals surface area contributed by atoms with Gasteiger partial charge in [-0.2, -0.15) is 0 Å². The molecular formula is C57H61ClN4O9. The van der Waals surface area contributed by atoms with Crippen molar-refractivity contribution in [3.05, 3.63) is 179 Å². The van der Waals surface area contributed by atoms with Crippen molar-refractivity contribution in [1.29, 1.82) is 0 Å². The van der Waals surface area contributed by atoms with Crippen LogP contribution in [0.1, 0.15) is 46.5 Å². The van der Waals surface area contributed by atoms with Gasteiger partial charge in [0.25, 0.3) is 0 Å². The van der Waals surface area contributed by atoms with E-state index in [1.165, 1.54) is 10.5 Å². The third-order valence-electron chi connectivity index (χ3n) is 13.0. The summed E-state index contributed by atoms with van der Waals surface area (Å²) in [6, 6.07) is 45.0. The molecule has 2 N–H and O–H groups in total. The van der Waals surface area contributed by atoms with E-state index in [9.17, 15) is 19.5 Å². The molecule has 2 saturated heterocycles. The molecule has 2 aliphatic heterocycles. The summed E-state index contributed by atoms with van der Waals surface area (Å²) in [6.07, 6.45) is 2.28. The van der Waals surface area contributed by atoms with Crippen molar-refractivity contribution in [3.8, 4) is 34.4 Å². The zero-order valence-electron chi connectivity index (χ0n) is 40.3. The fourth-order valence-corrected chi connectivity index (χ4v) is 9.05. The fraction of sp³-hybridized carbons (Fsp3) is 0.316. The minimum Gasteiger partial charge on any atom is -0.493 e. The summed E-state index contributed by atoms with van der Waals surface area (Å²) >= 11 is 0. The van der Waals surface area contributed by atoms with E-state index in [0.717, 1.165) is 76.2 Å². The number of ketones is 1. The van der Waals surface area contributed by atoms with Gasteiger partial charge in [-0.25, -0.2) is 14.8 Å². The van der Waals surface area contributed by atoms with Gasteiger partial charge < -0.3 is 38.4 Å². The van der Waals surface area contributed by atoms with E-state index >= 15 is 0 Å². The lowest BCUT2D eigenvalue weighted by Crippen LogP contribution is -2.30. The number of aromatic nitrogens is 2. The lowest BCUT2D eigenvalue weighted by atomic mass is 9.87. The van der Waals surface area contributed by atoms with Crippen molar-refractivity contribution in [1.82, 2.24) is 20.2 Å². The Kier molecular flexibility index (Phi) is 18.2. The van der Waals surface area contributed by atoms with Gasteiger partial charge in [-0.15, -0.1) is 12.4 Å². The molecule has 7 aromatic rings. The number of ether oxygens (including phenoxy) is 3. The summed E-state index contributed by atoms with van der Waals surface area (Å²) in [7, 11) is 0. The van der Waals surface area contributed by atoms with E-state index in [1.807, 2.05) is 141 Å². The number of nitrogens with zero attached hydrogens (tertiary/aromatic N) is 3. The van der Waals surface area contributed by atoms with Crippen molar-refractivity contribution in [3.63, 3.8) is 0 Å². The zero-order valence-corrected chi connectivity index (χ0v) is 41.1. The molecule has 4 heterocycles. The van der Waals surface area contributed by atoms with Gasteiger partial charge in [0.15, 0.2) is 0 Å². The van der Waals surface area contributed by atoms with Gasteiger partial charge in [0.2, 0.25) is 11.8 Å². The molecule has 0 unspecified atom stereocenters. The van der Waals surface area contributed by atoms with Crippen LogP contribution >= 0.6 is 12.4 Å². The van der Waals surface area contributed by atoms with Crippen LogP contribution in [0.3, 0.4) is 0 Å². The van der Waals surface area contributed by atoms with E-state index < -0.39 is 18.0 Å². The lowest BCUT2D eigenvalue weighted by Gasteiger charge is -2.16. The second-order valence-electron chi connectivity index (χ2n) is 18.0. The third kappa shape index (κ3) is 14.2. The highest BCUT2D eigenvalue weighted by molar-refractivity contribution is 5.85. The number of carboxylic acids is 1. The monoisotopic (exact) mass is 980 g/mol. The molecule has 0 radical (unpaired) electrons. The highest BCUT2D eigenvalue weighted by atomic mass is 35.5. The second-order valence-corrected chi connectivity index (χ2v) is 18.0.